The fourth-order valence-corrected chi connectivity index (χ4v) is 4.06. The third-order valence-corrected chi connectivity index (χ3v) is 5.44. The minimum Gasteiger partial charge on any atom is -0.497 e. The number of aromatic nitrogens is 4. The normalized spacial score (nSPS) is 15.6. The number of amides is 1. The topological polar surface area (TPSA) is 73.1 Å². The first kappa shape index (κ1) is 17.5. The molecule has 27 heavy (non-hydrogen) atoms. The fraction of sp³-hybridized carbons (Fsp3) is 0.263. The van der Waals surface area contributed by atoms with Crippen molar-refractivity contribution in [3.8, 4) is 11.4 Å². The molecule has 7 nitrogen and oxygen atoms in total. The van der Waals surface area contributed by atoms with Crippen molar-refractivity contribution in [3.05, 3.63) is 54.1 Å². The first-order chi connectivity index (χ1) is 13.2. The number of benzene rings is 2. The average molecular weight is 381 g/mol. The summed E-state index contributed by atoms with van der Waals surface area (Å²) >= 11 is 1.33. The minimum absolute atomic E-state index is 0.0534. The quantitative estimate of drug-likeness (QED) is 0.633. The highest BCUT2D eigenvalue weighted by Crippen LogP contribution is 2.32. The molecule has 1 aliphatic rings. The Morgan fingerprint density at radius 1 is 1.26 bits per heavy atom. The predicted octanol–water partition coefficient (Wildman–Crippen LogP) is 2.74. The van der Waals surface area contributed by atoms with Crippen LogP contribution >= 0.6 is 11.8 Å². The van der Waals surface area contributed by atoms with Gasteiger partial charge in [0, 0.05) is 17.8 Å². The maximum atomic E-state index is 12.9. The number of carbonyl (C=O) groups is 1. The first-order valence-electron chi connectivity index (χ1n) is 8.63. The molecule has 0 bridgehead atoms. The highest BCUT2D eigenvalue weighted by Gasteiger charge is 2.30. The highest BCUT2D eigenvalue weighted by atomic mass is 32.2. The Hall–Kier alpha value is -2.87. The van der Waals surface area contributed by atoms with Gasteiger partial charge in [-0.25, -0.2) is 0 Å². The van der Waals surface area contributed by atoms with Crippen LogP contribution in [0.2, 0.25) is 0 Å². The first-order valence-corrected chi connectivity index (χ1v) is 9.61. The van der Waals surface area contributed by atoms with Gasteiger partial charge < -0.3 is 9.64 Å². The van der Waals surface area contributed by atoms with E-state index < -0.39 is 0 Å². The maximum Gasteiger partial charge on any atom is 0.237 e. The largest absolute Gasteiger partial charge is 0.497 e. The van der Waals surface area contributed by atoms with Crippen LogP contribution < -0.4 is 9.64 Å². The van der Waals surface area contributed by atoms with E-state index in [1.165, 1.54) is 17.3 Å². The lowest BCUT2D eigenvalue weighted by molar-refractivity contribution is -0.116. The van der Waals surface area contributed by atoms with Gasteiger partial charge in [0.1, 0.15) is 5.75 Å². The van der Waals surface area contributed by atoms with Crippen molar-refractivity contribution in [2.24, 2.45) is 0 Å². The van der Waals surface area contributed by atoms with Gasteiger partial charge in [-0.1, -0.05) is 36.0 Å². The molecular weight excluding hydrogens is 362 g/mol. The van der Waals surface area contributed by atoms with Crippen molar-refractivity contribution in [2.45, 2.75) is 24.5 Å². The van der Waals surface area contributed by atoms with Crippen LogP contribution in [-0.4, -0.2) is 45.0 Å². The van der Waals surface area contributed by atoms with Crippen LogP contribution in [-0.2, 0) is 11.2 Å². The average Bonchev–Trinajstić information content (AvgIpc) is 3.29. The van der Waals surface area contributed by atoms with Crippen LogP contribution in [0.25, 0.3) is 5.69 Å². The van der Waals surface area contributed by atoms with Crippen LogP contribution in [0.3, 0.4) is 0 Å². The predicted molar refractivity (Wildman–Crippen MR) is 104 cm³/mol. The lowest BCUT2D eigenvalue weighted by atomic mass is 10.1. The third kappa shape index (κ3) is 3.40. The summed E-state index contributed by atoms with van der Waals surface area (Å²) in [5, 5.41) is 12.4. The standard InChI is InChI=1S/C19H19N5O2S/c1-13-10-14-6-3-4-9-17(14)23(13)18(25)12-27-19-20-21-22-24(19)15-7-5-8-16(11-15)26-2/h3-9,11,13H,10,12H2,1-2H3. The summed E-state index contributed by atoms with van der Waals surface area (Å²) in [6, 6.07) is 15.7. The van der Waals surface area contributed by atoms with Gasteiger partial charge in [-0.05, 0) is 47.5 Å². The van der Waals surface area contributed by atoms with E-state index in [1.54, 1.807) is 11.8 Å². The molecule has 0 saturated heterocycles. The number of rotatable bonds is 5. The Bertz CT molecular complexity index is 974. The van der Waals surface area contributed by atoms with Crippen molar-refractivity contribution in [2.75, 3.05) is 17.8 Å². The summed E-state index contributed by atoms with van der Waals surface area (Å²) < 4.78 is 6.87. The second-order valence-electron chi connectivity index (χ2n) is 6.31. The molecule has 3 aromatic rings. The monoisotopic (exact) mass is 381 g/mol. The number of para-hydroxylation sites is 1. The molecule has 4 rings (SSSR count). The molecule has 1 atom stereocenters. The Morgan fingerprint density at radius 2 is 2.11 bits per heavy atom. The molecule has 8 heteroatoms. The molecular formula is C19H19N5O2S. The number of hydrogen-bond acceptors (Lipinski definition) is 6. The number of anilines is 1. The van der Waals surface area contributed by atoms with E-state index in [4.69, 9.17) is 4.74 Å². The van der Waals surface area contributed by atoms with Gasteiger partial charge >= 0.3 is 0 Å². The molecule has 1 aromatic heterocycles. The van der Waals surface area contributed by atoms with Crippen molar-refractivity contribution < 1.29 is 9.53 Å². The van der Waals surface area contributed by atoms with Crippen molar-refractivity contribution in [1.29, 1.82) is 0 Å². The number of ether oxygens (including phenoxy) is 1. The smallest absolute Gasteiger partial charge is 0.237 e. The van der Waals surface area contributed by atoms with E-state index in [0.717, 1.165) is 23.5 Å². The Labute approximate surface area is 161 Å². The van der Waals surface area contributed by atoms with E-state index in [1.807, 2.05) is 47.4 Å². The van der Waals surface area contributed by atoms with Crippen LogP contribution in [0.4, 0.5) is 5.69 Å². The summed E-state index contributed by atoms with van der Waals surface area (Å²) in [5.74, 6) is 1.04. The Balaban J connectivity index is 1.50. The lowest BCUT2D eigenvalue weighted by Gasteiger charge is -2.22. The molecule has 138 valence electrons. The number of tetrazole rings is 1. The van der Waals surface area contributed by atoms with Crippen LogP contribution in [0.1, 0.15) is 12.5 Å². The SMILES string of the molecule is COc1cccc(-n2nnnc2SCC(=O)N2c3ccccc3CC2C)c1. The van der Waals surface area contributed by atoms with Crippen LogP contribution in [0.5, 0.6) is 5.75 Å². The molecule has 1 aliphatic heterocycles. The number of methoxy groups -OCH3 is 1. The molecule has 0 radical (unpaired) electrons. The van der Waals surface area contributed by atoms with E-state index in [2.05, 4.69) is 28.5 Å². The van der Waals surface area contributed by atoms with Gasteiger partial charge in [0.05, 0.1) is 18.6 Å². The number of carbonyl (C=O) groups excluding carboxylic acids is 1. The summed E-state index contributed by atoms with van der Waals surface area (Å²) in [6.07, 6.45) is 0.883. The van der Waals surface area contributed by atoms with E-state index in [9.17, 15) is 4.79 Å². The Morgan fingerprint density at radius 3 is 2.96 bits per heavy atom. The van der Waals surface area contributed by atoms with Crippen molar-refractivity contribution in [1.82, 2.24) is 20.2 Å². The molecule has 2 heterocycles. The molecule has 0 saturated carbocycles. The van der Waals surface area contributed by atoms with Crippen LogP contribution in [0.15, 0.2) is 53.7 Å². The van der Waals surface area contributed by atoms with Crippen molar-refractivity contribution in [3.63, 3.8) is 0 Å². The molecule has 1 amide bonds. The summed E-state index contributed by atoms with van der Waals surface area (Å²) in [4.78, 5) is 14.7. The lowest BCUT2D eigenvalue weighted by Crippen LogP contribution is -2.37. The van der Waals surface area contributed by atoms with Gasteiger partial charge in [-0.2, -0.15) is 4.68 Å². The van der Waals surface area contributed by atoms with Crippen LogP contribution in [0, 0.1) is 0 Å². The van der Waals surface area contributed by atoms with Crippen molar-refractivity contribution >= 4 is 23.4 Å². The number of fused-ring (bicyclic) bond motifs is 1. The van der Waals surface area contributed by atoms with Gasteiger partial charge in [-0.3, -0.25) is 4.79 Å². The zero-order chi connectivity index (χ0) is 18.8. The van der Waals surface area contributed by atoms with E-state index >= 15 is 0 Å². The minimum atomic E-state index is 0.0534. The van der Waals surface area contributed by atoms with Gasteiger partial charge in [0.15, 0.2) is 0 Å². The maximum absolute atomic E-state index is 12.9. The second-order valence-corrected chi connectivity index (χ2v) is 7.25. The number of hydrogen-bond donors (Lipinski definition) is 0. The Kier molecular flexibility index (Phi) is 4.81. The van der Waals surface area contributed by atoms with Gasteiger partial charge in [-0.15, -0.1) is 5.10 Å². The molecule has 0 aliphatic carbocycles. The zero-order valence-corrected chi connectivity index (χ0v) is 15.9. The molecule has 2 aromatic carbocycles. The highest BCUT2D eigenvalue weighted by molar-refractivity contribution is 7.99. The molecule has 0 fully saturated rings. The second kappa shape index (κ2) is 7.40. The summed E-state index contributed by atoms with van der Waals surface area (Å²) in [5.41, 5.74) is 3.00. The van der Waals surface area contributed by atoms with Gasteiger partial charge in [0.2, 0.25) is 11.1 Å². The fourth-order valence-electron chi connectivity index (χ4n) is 3.31. The number of thioether (sulfide) groups is 1. The molecule has 1 unspecified atom stereocenters. The van der Waals surface area contributed by atoms with E-state index in [0.29, 0.717) is 5.16 Å². The van der Waals surface area contributed by atoms with Gasteiger partial charge in [0.25, 0.3) is 0 Å². The number of nitrogens with zero attached hydrogens (tertiary/aromatic N) is 5. The zero-order valence-electron chi connectivity index (χ0n) is 15.1. The third-order valence-electron chi connectivity index (χ3n) is 4.54. The summed E-state index contributed by atoms with van der Waals surface area (Å²) in [6.45, 7) is 2.07. The van der Waals surface area contributed by atoms with E-state index in [-0.39, 0.29) is 17.7 Å². The molecule has 0 N–H and O–H groups in total. The summed E-state index contributed by atoms with van der Waals surface area (Å²) in [7, 11) is 1.61. The molecule has 0 spiro atoms.